The van der Waals surface area contributed by atoms with Crippen molar-refractivity contribution < 1.29 is 23.8 Å². The molecule has 162 valence electrons. The maximum atomic E-state index is 12.7. The van der Waals surface area contributed by atoms with Crippen molar-refractivity contribution in [1.29, 1.82) is 0 Å². The molecule has 0 heterocycles. The lowest BCUT2D eigenvalue weighted by Gasteiger charge is -2.32. The second-order valence-corrected chi connectivity index (χ2v) is 7.49. The highest BCUT2D eigenvalue weighted by Crippen LogP contribution is 2.20. The average Bonchev–Trinajstić information content (AvgIpc) is 2.71. The Hall–Kier alpha value is -3.02. The summed E-state index contributed by atoms with van der Waals surface area (Å²) < 4.78 is 16.8. The maximum Gasteiger partial charge on any atom is 0.342 e. The smallest absolute Gasteiger partial charge is 0.342 e. The van der Waals surface area contributed by atoms with Crippen molar-refractivity contribution in [1.82, 2.24) is 4.90 Å². The Balaban J connectivity index is 1.96. The molecule has 30 heavy (non-hydrogen) atoms. The van der Waals surface area contributed by atoms with Crippen LogP contribution in [0.15, 0.2) is 54.6 Å². The summed E-state index contributed by atoms with van der Waals surface area (Å²) in [7, 11) is 0. The molecule has 0 bridgehead atoms. The minimum atomic E-state index is -0.892. The van der Waals surface area contributed by atoms with E-state index in [1.807, 2.05) is 58.0 Å². The number of benzene rings is 2. The van der Waals surface area contributed by atoms with Crippen LogP contribution in [0.1, 0.15) is 45.0 Å². The number of para-hydroxylation sites is 2. The zero-order chi connectivity index (χ0) is 22.1. The van der Waals surface area contributed by atoms with E-state index in [0.717, 1.165) is 5.75 Å². The summed E-state index contributed by atoms with van der Waals surface area (Å²) in [4.78, 5) is 27.1. The Kier molecular flexibility index (Phi) is 8.71. The minimum Gasteiger partial charge on any atom is -0.490 e. The summed E-state index contributed by atoms with van der Waals surface area (Å²) in [6.45, 7) is 9.94. The molecule has 6 heteroatoms. The molecule has 0 saturated carbocycles. The molecule has 0 aliphatic carbocycles. The normalized spacial score (nSPS) is 11.8. The minimum absolute atomic E-state index is 0.0129. The van der Waals surface area contributed by atoms with Crippen LogP contribution in [-0.2, 0) is 9.53 Å². The molecule has 0 fully saturated rings. The fraction of sp³-hybridized carbons (Fsp3) is 0.417. The Bertz CT molecular complexity index is 811. The summed E-state index contributed by atoms with van der Waals surface area (Å²) in [5.74, 6) is 0.329. The van der Waals surface area contributed by atoms with Gasteiger partial charge >= 0.3 is 5.97 Å². The molecule has 0 aliphatic rings. The third-order valence-corrected chi connectivity index (χ3v) is 4.46. The van der Waals surface area contributed by atoms with Crippen molar-refractivity contribution in [3.8, 4) is 11.5 Å². The molecular formula is C24H31NO5. The molecule has 2 aromatic rings. The topological polar surface area (TPSA) is 65.1 Å². The summed E-state index contributed by atoms with van der Waals surface area (Å²) >= 11 is 0. The van der Waals surface area contributed by atoms with Gasteiger partial charge in [-0.3, -0.25) is 4.79 Å². The standard InChI is InChI=1S/C24H31NO5/c1-17(2)25(18(3)4)23(26)19(5)30-24(27)21-13-9-10-14-22(21)29-16-15-28-20-11-7-6-8-12-20/h6-14,17-19H,15-16H2,1-5H3. The van der Waals surface area contributed by atoms with Crippen LogP contribution < -0.4 is 9.47 Å². The Labute approximate surface area is 178 Å². The number of amides is 1. The maximum absolute atomic E-state index is 12.7. The average molecular weight is 414 g/mol. The lowest BCUT2D eigenvalue weighted by Crippen LogP contribution is -2.47. The van der Waals surface area contributed by atoms with Gasteiger partial charge in [-0.05, 0) is 58.9 Å². The van der Waals surface area contributed by atoms with E-state index in [2.05, 4.69) is 0 Å². The quantitative estimate of drug-likeness (QED) is 0.428. The number of hydrogen-bond acceptors (Lipinski definition) is 5. The van der Waals surface area contributed by atoms with Crippen molar-refractivity contribution in [3.05, 3.63) is 60.2 Å². The van der Waals surface area contributed by atoms with Gasteiger partial charge in [-0.1, -0.05) is 30.3 Å². The van der Waals surface area contributed by atoms with Crippen LogP contribution in [-0.4, -0.2) is 48.2 Å². The number of carbonyl (C=O) groups is 2. The largest absolute Gasteiger partial charge is 0.490 e. The second-order valence-electron chi connectivity index (χ2n) is 7.49. The predicted molar refractivity (Wildman–Crippen MR) is 116 cm³/mol. The molecule has 1 atom stereocenters. The molecule has 0 aromatic heterocycles. The summed E-state index contributed by atoms with van der Waals surface area (Å²) in [6.07, 6.45) is -0.892. The number of esters is 1. The highest BCUT2D eigenvalue weighted by molar-refractivity contribution is 5.94. The molecule has 2 aromatic carbocycles. The molecule has 2 rings (SSSR count). The number of rotatable bonds is 10. The molecule has 1 unspecified atom stereocenters. The molecular weight excluding hydrogens is 382 g/mol. The van der Waals surface area contributed by atoms with E-state index >= 15 is 0 Å². The van der Waals surface area contributed by atoms with Crippen LogP contribution in [0.2, 0.25) is 0 Å². The Morgan fingerprint density at radius 1 is 0.800 bits per heavy atom. The predicted octanol–water partition coefficient (Wildman–Crippen LogP) is 4.34. The van der Waals surface area contributed by atoms with Crippen LogP contribution in [0.5, 0.6) is 11.5 Å². The zero-order valence-corrected chi connectivity index (χ0v) is 18.3. The summed E-state index contributed by atoms with van der Waals surface area (Å²) in [5.41, 5.74) is 0.275. The van der Waals surface area contributed by atoms with Gasteiger partial charge in [0.15, 0.2) is 6.10 Å². The highest BCUT2D eigenvalue weighted by Gasteiger charge is 2.28. The zero-order valence-electron chi connectivity index (χ0n) is 18.3. The van der Waals surface area contributed by atoms with Crippen LogP contribution in [0, 0.1) is 0 Å². The Morgan fingerprint density at radius 2 is 1.37 bits per heavy atom. The number of hydrogen-bond donors (Lipinski definition) is 0. The monoisotopic (exact) mass is 413 g/mol. The van der Waals surface area contributed by atoms with Gasteiger partial charge in [0.05, 0.1) is 0 Å². The van der Waals surface area contributed by atoms with E-state index in [4.69, 9.17) is 14.2 Å². The first-order valence-electron chi connectivity index (χ1n) is 10.2. The highest BCUT2D eigenvalue weighted by atomic mass is 16.6. The van der Waals surface area contributed by atoms with Gasteiger partial charge in [0.2, 0.25) is 0 Å². The second kappa shape index (κ2) is 11.2. The van der Waals surface area contributed by atoms with E-state index in [0.29, 0.717) is 12.4 Å². The van der Waals surface area contributed by atoms with Gasteiger partial charge in [-0.15, -0.1) is 0 Å². The number of ether oxygens (including phenoxy) is 3. The molecule has 0 aliphatic heterocycles. The fourth-order valence-corrected chi connectivity index (χ4v) is 3.18. The van der Waals surface area contributed by atoms with Gasteiger partial charge in [0, 0.05) is 12.1 Å². The van der Waals surface area contributed by atoms with Crippen molar-refractivity contribution in [2.75, 3.05) is 13.2 Å². The van der Waals surface area contributed by atoms with E-state index in [1.165, 1.54) is 0 Å². The van der Waals surface area contributed by atoms with Crippen LogP contribution in [0.4, 0.5) is 0 Å². The lowest BCUT2D eigenvalue weighted by atomic mass is 10.2. The van der Waals surface area contributed by atoms with E-state index in [1.54, 1.807) is 36.1 Å². The molecule has 0 radical (unpaired) electrons. The molecule has 1 amide bonds. The van der Waals surface area contributed by atoms with Crippen molar-refractivity contribution in [2.45, 2.75) is 52.8 Å². The molecule has 6 nitrogen and oxygen atoms in total. The fourth-order valence-electron chi connectivity index (χ4n) is 3.18. The van der Waals surface area contributed by atoms with E-state index < -0.39 is 12.1 Å². The first-order chi connectivity index (χ1) is 14.3. The lowest BCUT2D eigenvalue weighted by molar-refractivity contribution is -0.143. The summed E-state index contributed by atoms with van der Waals surface area (Å²) in [6, 6.07) is 16.3. The van der Waals surface area contributed by atoms with Crippen molar-refractivity contribution in [2.24, 2.45) is 0 Å². The summed E-state index contributed by atoms with van der Waals surface area (Å²) in [5, 5.41) is 0. The van der Waals surface area contributed by atoms with E-state index in [-0.39, 0.29) is 30.2 Å². The van der Waals surface area contributed by atoms with E-state index in [9.17, 15) is 9.59 Å². The molecule has 0 N–H and O–H groups in total. The van der Waals surface area contributed by atoms with Gasteiger partial charge in [-0.2, -0.15) is 0 Å². The van der Waals surface area contributed by atoms with Crippen molar-refractivity contribution in [3.63, 3.8) is 0 Å². The van der Waals surface area contributed by atoms with Gasteiger partial charge in [0.25, 0.3) is 5.91 Å². The first kappa shape index (κ1) is 23.3. The first-order valence-corrected chi connectivity index (χ1v) is 10.2. The van der Waals surface area contributed by atoms with Crippen molar-refractivity contribution >= 4 is 11.9 Å². The SMILES string of the molecule is CC(OC(=O)c1ccccc1OCCOc1ccccc1)C(=O)N(C(C)C)C(C)C. The number of carbonyl (C=O) groups excluding carboxylic acids is 2. The van der Waals surface area contributed by atoms with Gasteiger partial charge in [-0.25, -0.2) is 4.79 Å². The van der Waals surface area contributed by atoms with Crippen LogP contribution in [0.3, 0.4) is 0 Å². The molecule has 0 saturated heterocycles. The third kappa shape index (κ3) is 6.51. The third-order valence-electron chi connectivity index (χ3n) is 4.46. The van der Waals surface area contributed by atoms with Gasteiger partial charge in [0.1, 0.15) is 30.3 Å². The molecule has 0 spiro atoms. The van der Waals surface area contributed by atoms with Gasteiger partial charge < -0.3 is 19.1 Å². The van der Waals surface area contributed by atoms with Crippen LogP contribution in [0.25, 0.3) is 0 Å². The Morgan fingerprint density at radius 3 is 2.00 bits per heavy atom. The number of nitrogens with zero attached hydrogens (tertiary/aromatic N) is 1. The van der Waals surface area contributed by atoms with Crippen LogP contribution >= 0.6 is 0 Å².